The van der Waals surface area contributed by atoms with Gasteiger partial charge in [-0.1, -0.05) is 11.6 Å². The molecule has 1 aromatic carbocycles. The van der Waals surface area contributed by atoms with Crippen molar-refractivity contribution in [2.45, 2.75) is 39.8 Å². The molecule has 0 atom stereocenters. The first-order chi connectivity index (χ1) is 9.87. The van der Waals surface area contributed by atoms with E-state index < -0.39 is 0 Å². The summed E-state index contributed by atoms with van der Waals surface area (Å²) in [6.07, 6.45) is 0. The Morgan fingerprint density at radius 1 is 1.19 bits per heavy atom. The second kappa shape index (κ2) is 8.47. The van der Waals surface area contributed by atoms with Gasteiger partial charge in [-0.2, -0.15) is 0 Å². The highest BCUT2D eigenvalue weighted by atomic mass is 35.5. The topological polar surface area (TPSA) is 39.7 Å². The van der Waals surface area contributed by atoms with Crippen LogP contribution in [-0.2, 0) is 11.3 Å². The van der Waals surface area contributed by atoms with Crippen LogP contribution in [0.25, 0.3) is 0 Å². The smallest absolute Gasteiger partial charge is 0.179 e. The lowest BCUT2D eigenvalue weighted by Gasteiger charge is -2.21. The highest BCUT2D eigenvalue weighted by molar-refractivity contribution is 6.32. The van der Waals surface area contributed by atoms with E-state index in [1.807, 2.05) is 19.1 Å². The Bertz CT molecular complexity index is 444. The van der Waals surface area contributed by atoms with Gasteiger partial charge < -0.3 is 19.5 Å². The molecule has 1 N–H and O–H groups in total. The van der Waals surface area contributed by atoms with Crippen LogP contribution in [0, 0.1) is 0 Å². The van der Waals surface area contributed by atoms with E-state index in [1.165, 1.54) is 0 Å². The molecule has 0 aliphatic rings. The molecule has 0 unspecified atom stereocenters. The number of halogens is 1. The maximum absolute atomic E-state index is 6.30. The van der Waals surface area contributed by atoms with Crippen LogP contribution in [0.5, 0.6) is 11.5 Å². The van der Waals surface area contributed by atoms with Crippen molar-refractivity contribution >= 4 is 11.6 Å². The van der Waals surface area contributed by atoms with Gasteiger partial charge in [-0.3, -0.25) is 0 Å². The average Bonchev–Trinajstić information content (AvgIpc) is 2.41. The molecular formula is C16H26ClNO3. The third-order valence-electron chi connectivity index (χ3n) is 2.79. The number of ether oxygens (including phenoxy) is 3. The van der Waals surface area contributed by atoms with E-state index in [2.05, 4.69) is 26.1 Å². The number of methoxy groups -OCH3 is 1. The molecule has 0 spiro atoms. The summed E-state index contributed by atoms with van der Waals surface area (Å²) in [5.41, 5.74) is 1.11. The first kappa shape index (κ1) is 18.1. The summed E-state index contributed by atoms with van der Waals surface area (Å²) < 4.78 is 16.3. The van der Waals surface area contributed by atoms with Gasteiger partial charge >= 0.3 is 0 Å². The predicted octanol–water partition coefficient (Wildman–Crippen LogP) is 3.65. The maximum Gasteiger partial charge on any atom is 0.179 e. The number of nitrogens with one attached hydrogen (secondary N) is 1. The van der Waals surface area contributed by atoms with Gasteiger partial charge in [0.1, 0.15) is 6.61 Å². The van der Waals surface area contributed by atoms with Crippen LogP contribution in [0.15, 0.2) is 12.1 Å². The Labute approximate surface area is 132 Å². The zero-order valence-corrected chi connectivity index (χ0v) is 14.3. The molecule has 5 heteroatoms. The summed E-state index contributed by atoms with van der Waals surface area (Å²) in [7, 11) is 1.61. The number of hydrogen-bond acceptors (Lipinski definition) is 4. The molecule has 0 heterocycles. The van der Waals surface area contributed by atoms with Crippen LogP contribution in [0.4, 0.5) is 0 Å². The van der Waals surface area contributed by atoms with E-state index in [0.29, 0.717) is 36.3 Å². The van der Waals surface area contributed by atoms with E-state index in [0.717, 1.165) is 12.1 Å². The number of rotatable bonds is 8. The van der Waals surface area contributed by atoms with Crippen LogP contribution in [0.2, 0.25) is 5.02 Å². The molecule has 1 rings (SSSR count). The van der Waals surface area contributed by atoms with Crippen molar-refractivity contribution in [3.05, 3.63) is 22.7 Å². The first-order valence-corrected chi connectivity index (χ1v) is 7.57. The SMILES string of the molecule is CCOCCOc1c(Cl)cc(CNC(C)(C)C)cc1OC. The zero-order valence-electron chi connectivity index (χ0n) is 13.6. The van der Waals surface area contributed by atoms with Crippen molar-refractivity contribution in [1.29, 1.82) is 0 Å². The normalized spacial score (nSPS) is 11.5. The molecule has 0 amide bonds. The summed E-state index contributed by atoms with van der Waals surface area (Å²) in [5.74, 6) is 1.21. The minimum Gasteiger partial charge on any atom is -0.493 e. The van der Waals surface area contributed by atoms with Gasteiger partial charge in [-0.15, -0.1) is 0 Å². The van der Waals surface area contributed by atoms with E-state index in [4.69, 9.17) is 25.8 Å². The van der Waals surface area contributed by atoms with E-state index in [9.17, 15) is 0 Å². The molecule has 21 heavy (non-hydrogen) atoms. The van der Waals surface area contributed by atoms with Gasteiger partial charge in [0.2, 0.25) is 0 Å². The summed E-state index contributed by atoms with van der Waals surface area (Å²) in [5, 5.41) is 3.97. The van der Waals surface area contributed by atoms with Crippen LogP contribution in [0.1, 0.15) is 33.3 Å². The quantitative estimate of drug-likeness (QED) is 0.743. The molecule has 0 saturated carbocycles. The molecule has 0 radical (unpaired) electrons. The van der Waals surface area contributed by atoms with Crippen molar-refractivity contribution in [3.63, 3.8) is 0 Å². The van der Waals surface area contributed by atoms with Gasteiger partial charge in [0.05, 0.1) is 18.7 Å². The number of benzene rings is 1. The lowest BCUT2D eigenvalue weighted by atomic mass is 10.1. The highest BCUT2D eigenvalue weighted by Crippen LogP contribution is 2.36. The first-order valence-electron chi connectivity index (χ1n) is 7.19. The van der Waals surface area contributed by atoms with Crippen molar-refractivity contribution in [2.75, 3.05) is 26.9 Å². The summed E-state index contributed by atoms with van der Waals surface area (Å²) in [6, 6.07) is 3.85. The van der Waals surface area contributed by atoms with Crippen molar-refractivity contribution < 1.29 is 14.2 Å². The minimum atomic E-state index is 0.0480. The second-order valence-corrected chi connectivity index (χ2v) is 6.17. The molecule has 0 fully saturated rings. The maximum atomic E-state index is 6.30. The van der Waals surface area contributed by atoms with Crippen LogP contribution >= 0.6 is 11.6 Å². The van der Waals surface area contributed by atoms with Crippen molar-refractivity contribution in [1.82, 2.24) is 5.32 Å². The van der Waals surface area contributed by atoms with Crippen LogP contribution in [-0.4, -0.2) is 32.5 Å². The fourth-order valence-electron chi connectivity index (χ4n) is 1.73. The molecule has 0 aliphatic carbocycles. The van der Waals surface area contributed by atoms with Crippen molar-refractivity contribution in [2.24, 2.45) is 0 Å². The second-order valence-electron chi connectivity index (χ2n) is 5.76. The Balaban J connectivity index is 2.77. The highest BCUT2D eigenvalue weighted by Gasteiger charge is 2.14. The number of hydrogen-bond donors (Lipinski definition) is 1. The lowest BCUT2D eigenvalue weighted by molar-refractivity contribution is 0.109. The molecule has 0 bridgehead atoms. The standard InChI is InChI=1S/C16H26ClNO3/c1-6-20-7-8-21-15-13(17)9-12(10-14(15)19-5)11-18-16(2,3)4/h9-10,18H,6-8,11H2,1-5H3. The van der Waals surface area contributed by atoms with Gasteiger partial charge in [0, 0.05) is 18.7 Å². The molecule has 0 aliphatic heterocycles. The van der Waals surface area contributed by atoms with Gasteiger partial charge in [0.15, 0.2) is 11.5 Å². The Kier molecular flexibility index (Phi) is 7.29. The van der Waals surface area contributed by atoms with Crippen molar-refractivity contribution in [3.8, 4) is 11.5 Å². The molecule has 1 aromatic rings. The Morgan fingerprint density at radius 2 is 1.90 bits per heavy atom. The van der Waals surface area contributed by atoms with E-state index in [-0.39, 0.29) is 5.54 Å². The zero-order chi connectivity index (χ0) is 15.9. The average molecular weight is 316 g/mol. The van der Waals surface area contributed by atoms with E-state index >= 15 is 0 Å². The fraction of sp³-hybridized carbons (Fsp3) is 0.625. The molecule has 0 saturated heterocycles. The Hall–Kier alpha value is -0.970. The summed E-state index contributed by atoms with van der Waals surface area (Å²) >= 11 is 6.30. The predicted molar refractivity (Wildman–Crippen MR) is 86.6 cm³/mol. The van der Waals surface area contributed by atoms with Crippen LogP contribution in [0.3, 0.4) is 0 Å². The van der Waals surface area contributed by atoms with Gasteiger partial charge in [-0.05, 0) is 45.4 Å². The van der Waals surface area contributed by atoms with Gasteiger partial charge in [0.25, 0.3) is 0 Å². The third-order valence-corrected chi connectivity index (χ3v) is 3.07. The lowest BCUT2D eigenvalue weighted by Crippen LogP contribution is -2.35. The third kappa shape index (κ3) is 6.55. The largest absolute Gasteiger partial charge is 0.493 e. The molecule has 120 valence electrons. The molecule has 4 nitrogen and oxygen atoms in total. The van der Waals surface area contributed by atoms with Gasteiger partial charge in [-0.25, -0.2) is 0 Å². The van der Waals surface area contributed by atoms with E-state index in [1.54, 1.807) is 7.11 Å². The molecule has 0 aromatic heterocycles. The minimum absolute atomic E-state index is 0.0480. The fourth-order valence-corrected chi connectivity index (χ4v) is 2.02. The Morgan fingerprint density at radius 3 is 2.48 bits per heavy atom. The monoisotopic (exact) mass is 315 g/mol. The molecular weight excluding hydrogens is 290 g/mol. The van der Waals surface area contributed by atoms with Crippen LogP contribution < -0.4 is 14.8 Å². The summed E-state index contributed by atoms with van der Waals surface area (Å²) in [6.45, 7) is 10.7. The summed E-state index contributed by atoms with van der Waals surface area (Å²) in [4.78, 5) is 0.